The summed E-state index contributed by atoms with van der Waals surface area (Å²) >= 11 is 6.46. The number of hydrogen-bond acceptors (Lipinski definition) is 8. The van der Waals surface area contributed by atoms with Gasteiger partial charge in [-0.25, -0.2) is 19.9 Å². The summed E-state index contributed by atoms with van der Waals surface area (Å²) in [5.74, 6) is 0.282. The number of hydrogen-bond donors (Lipinski definition) is 2. The lowest BCUT2D eigenvalue weighted by molar-refractivity contribution is 0.0923. The first kappa shape index (κ1) is 25.7. The van der Waals surface area contributed by atoms with Crippen molar-refractivity contribution in [2.45, 2.75) is 20.0 Å². The second-order valence-corrected chi connectivity index (χ2v) is 9.50. The maximum absolute atomic E-state index is 13.9. The molecule has 5 rings (SSSR count). The van der Waals surface area contributed by atoms with Gasteiger partial charge in [-0.3, -0.25) is 14.6 Å². The fourth-order valence-corrected chi connectivity index (χ4v) is 4.73. The van der Waals surface area contributed by atoms with E-state index in [1.54, 1.807) is 30.7 Å². The van der Waals surface area contributed by atoms with E-state index in [9.17, 15) is 4.79 Å². The van der Waals surface area contributed by atoms with Gasteiger partial charge in [0.2, 0.25) is 5.95 Å². The van der Waals surface area contributed by atoms with Crippen LogP contribution < -0.4 is 15.5 Å². The zero-order valence-electron chi connectivity index (χ0n) is 21.3. The second-order valence-electron chi connectivity index (χ2n) is 9.09. The van der Waals surface area contributed by atoms with Gasteiger partial charge in [-0.15, -0.1) is 0 Å². The van der Waals surface area contributed by atoms with Crippen LogP contribution in [0.3, 0.4) is 0 Å². The molecule has 0 radical (unpaired) electrons. The monoisotopic (exact) mass is 528 g/mol. The van der Waals surface area contributed by atoms with Crippen LogP contribution in [0.25, 0.3) is 11.3 Å². The molecule has 1 aliphatic rings. The van der Waals surface area contributed by atoms with Crippen LogP contribution >= 0.6 is 11.6 Å². The van der Waals surface area contributed by atoms with Gasteiger partial charge in [0, 0.05) is 61.7 Å². The summed E-state index contributed by atoms with van der Waals surface area (Å²) in [6.45, 7) is 7.49. The SMILES string of the molecule is Cc1ccc(N(C(=O)c2ccccc2Cl)C(C)N2CCNCC2)cc1Nc1nccc(-c2cncnc2)n1. The van der Waals surface area contributed by atoms with Gasteiger partial charge in [0.15, 0.2) is 0 Å². The Morgan fingerprint density at radius 1 is 1.11 bits per heavy atom. The summed E-state index contributed by atoms with van der Waals surface area (Å²) in [6, 6.07) is 14.9. The molecular formula is C28H29ClN8O. The van der Waals surface area contributed by atoms with Gasteiger partial charge in [-0.1, -0.05) is 29.8 Å². The second kappa shape index (κ2) is 11.6. The number of nitrogens with zero attached hydrogens (tertiary/aromatic N) is 6. The number of benzene rings is 2. The molecule has 0 spiro atoms. The van der Waals surface area contributed by atoms with Crippen LogP contribution in [0.4, 0.5) is 17.3 Å². The minimum absolute atomic E-state index is 0.154. The fourth-order valence-electron chi connectivity index (χ4n) is 4.51. The van der Waals surface area contributed by atoms with E-state index in [4.69, 9.17) is 11.6 Å². The normalized spacial score (nSPS) is 14.6. The standard InChI is InChI=1S/C28H29ClN8O/c1-19-7-8-22(15-26(19)35-28-33-10-9-25(34-28)21-16-31-18-32-17-21)37(20(2)36-13-11-30-12-14-36)27(38)23-5-3-4-6-24(23)29/h3-10,15-18,20,30H,11-14H2,1-2H3,(H,33,34,35). The van der Waals surface area contributed by atoms with Gasteiger partial charge >= 0.3 is 0 Å². The zero-order chi connectivity index (χ0) is 26.5. The van der Waals surface area contributed by atoms with Crippen LogP contribution in [-0.2, 0) is 0 Å². The molecule has 10 heteroatoms. The average Bonchev–Trinajstić information content (AvgIpc) is 2.96. The Bertz CT molecular complexity index is 1410. The first-order valence-corrected chi connectivity index (χ1v) is 12.9. The lowest BCUT2D eigenvalue weighted by atomic mass is 10.1. The minimum Gasteiger partial charge on any atom is -0.324 e. The van der Waals surface area contributed by atoms with Crippen molar-refractivity contribution < 1.29 is 4.79 Å². The Morgan fingerprint density at radius 3 is 2.63 bits per heavy atom. The van der Waals surface area contributed by atoms with Crippen molar-refractivity contribution in [2.75, 3.05) is 36.4 Å². The molecular weight excluding hydrogens is 500 g/mol. The summed E-state index contributed by atoms with van der Waals surface area (Å²) in [4.78, 5) is 35.3. The predicted octanol–water partition coefficient (Wildman–Crippen LogP) is 4.54. The Morgan fingerprint density at radius 2 is 1.87 bits per heavy atom. The van der Waals surface area contributed by atoms with E-state index >= 15 is 0 Å². The summed E-state index contributed by atoms with van der Waals surface area (Å²) in [6.07, 6.45) is 6.40. The smallest absolute Gasteiger partial charge is 0.261 e. The van der Waals surface area contributed by atoms with Gasteiger partial charge in [-0.05, 0) is 49.7 Å². The van der Waals surface area contributed by atoms with Crippen LogP contribution in [0.15, 0.2) is 73.4 Å². The van der Waals surface area contributed by atoms with Crippen LogP contribution in [0.5, 0.6) is 0 Å². The van der Waals surface area contributed by atoms with Crippen molar-refractivity contribution in [1.82, 2.24) is 30.2 Å². The topological polar surface area (TPSA) is 99.2 Å². The molecule has 1 atom stereocenters. The number of halogens is 1. The van der Waals surface area contributed by atoms with E-state index in [1.165, 1.54) is 6.33 Å². The lowest BCUT2D eigenvalue weighted by Crippen LogP contribution is -2.55. The third-order valence-electron chi connectivity index (χ3n) is 6.63. The van der Waals surface area contributed by atoms with Crippen molar-refractivity contribution in [3.8, 4) is 11.3 Å². The molecule has 3 heterocycles. The van der Waals surface area contributed by atoms with Gasteiger partial charge in [0.1, 0.15) is 6.33 Å². The van der Waals surface area contributed by atoms with Crippen LogP contribution in [0, 0.1) is 6.92 Å². The molecule has 38 heavy (non-hydrogen) atoms. The number of rotatable bonds is 7. The third-order valence-corrected chi connectivity index (χ3v) is 6.96. The number of amides is 1. The predicted molar refractivity (Wildman–Crippen MR) is 150 cm³/mol. The summed E-state index contributed by atoms with van der Waals surface area (Å²) in [5.41, 5.74) is 4.51. The molecule has 0 saturated carbocycles. The van der Waals surface area contributed by atoms with E-state index in [0.717, 1.165) is 48.7 Å². The zero-order valence-corrected chi connectivity index (χ0v) is 22.1. The largest absolute Gasteiger partial charge is 0.324 e. The molecule has 1 saturated heterocycles. The first-order chi connectivity index (χ1) is 18.5. The third kappa shape index (κ3) is 5.65. The Labute approximate surface area is 226 Å². The van der Waals surface area contributed by atoms with Crippen molar-refractivity contribution in [3.05, 3.63) is 89.6 Å². The number of carbonyl (C=O) groups excluding carboxylic acids is 1. The van der Waals surface area contributed by atoms with E-state index in [2.05, 4.69) is 42.4 Å². The van der Waals surface area contributed by atoms with Gasteiger partial charge in [0.25, 0.3) is 5.91 Å². The van der Waals surface area contributed by atoms with E-state index in [0.29, 0.717) is 22.2 Å². The molecule has 194 valence electrons. The van der Waals surface area contributed by atoms with Crippen LogP contribution in [0.2, 0.25) is 5.02 Å². The van der Waals surface area contributed by atoms with Crippen molar-refractivity contribution in [3.63, 3.8) is 0 Å². The fraction of sp³-hybridized carbons (Fsp3) is 0.250. The number of aryl methyl sites for hydroxylation is 1. The number of carbonyl (C=O) groups is 1. The molecule has 2 N–H and O–H groups in total. The van der Waals surface area contributed by atoms with E-state index in [-0.39, 0.29) is 12.1 Å². The molecule has 2 aromatic carbocycles. The maximum Gasteiger partial charge on any atom is 0.261 e. The van der Waals surface area contributed by atoms with Gasteiger partial charge < -0.3 is 10.6 Å². The van der Waals surface area contributed by atoms with Gasteiger partial charge in [-0.2, -0.15) is 0 Å². The molecule has 0 bridgehead atoms. The highest BCUT2D eigenvalue weighted by Gasteiger charge is 2.30. The molecule has 1 unspecified atom stereocenters. The van der Waals surface area contributed by atoms with Crippen molar-refractivity contribution in [1.29, 1.82) is 0 Å². The highest BCUT2D eigenvalue weighted by molar-refractivity contribution is 6.34. The van der Waals surface area contributed by atoms with E-state index in [1.807, 2.05) is 48.2 Å². The van der Waals surface area contributed by atoms with Crippen LogP contribution in [-0.4, -0.2) is 63.1 Å². The Kier molecular flexibility index (Phi) is 7.88. The van der Waals surface area contributed by atoms with Gasteiger partial charge in [0.05, 0.1) is 22.4 Å². The molecule has 4 aromatic rings. The quantitative estimate of drug-likeness (QED) is 0.361. The minimum atomic E-state index is -0.186. The summed E-state index contributed by atoms with van der Waals surface area (Å²) < 4.78 is 0. The molecule has 9 nitrogen and oxygen atoms in total. The lowest BCUT2D eigenvalue weighted by Gasteiger charge is -2.40. The maximum atomic E-state index is 13.9. The van der Waals surface area contributed by atoms with Crippen molar-refractivity contribution >= 4 is 34.8 Å². The highest BCUT2D eigenvalue weighted by Crippen LogP contribution is 2.30. The number of aromatic nitrogens is 4. The molecule has 1 amide bonds. The first-order valence-electron chi connectivity index (χ1n) is 12.5. The van der Waals surface area contributed by atoms with Crippen molar-refractivity contribution in [2.24, 2.45) is 0 Å². The van der Waals surface area contributed by atoms with E-state index < -0.39 is 0 Å². The highest BCUT2D eigenvalue weighted by atomic mass is 35.5. The summed E-state index contributed by atoms with van der Waals surface area (Å²) in [5, 5.41) is 7.14. The molecule has 1 fully saturated rings. The summed E-state index contributed by atoms with van der Waals surface area (Å²) in [7, 11) is 0. The number of piperazine rings is 1. The van der Waals surface area contributed by atoms with Crippen LogP contribution in [0.1, 0.15) is 22.8 Å². The average molecular weight is 529 g/mol. The molecule has 0 aliphatic carbocycles. The number of anilines is 3. The molecule has 1 aliphatic heterocycles. The molecule has 2 aromatic heterocycles. The Hall–Kier alpha value is -3.92. The Balaban J connectivity index is 1.50. The number of nitrogens with one attached hydrogen (secondary N) is 2.